The van der Waals surface area contributed by atoms with Crippen molar-refractivity contribution in [3.8, 4) is 5.75 Å². The summed E-state index contributed by atoms with van der Waals surface area (Å²) in [6, 6.07) is 10.8. The number of methoxy groups -OCH3 is 1. The van der Waals surface area contributed by atoms with Gasteiger partial charge in [0.25, 0.3) is 0 Å². The zero-order valence-electron chi connectivity index (χ0n) is 10.7. The molecule has 0 saturated heterocycles. The van der Waals surface area contributed by atoms with Crippen LogP contribution in [0, 0.1) is 5.82 Å². The fourth-order valence-corrected chi connectivity index (χ4v) is 1.76. The van der Waals surface area contributed by atoms with Gasteiger partial charge in [0.2, 0.25) is 0 Å². The van der Waals surface area contributed by atoms with Crippen molar-refractivity contribution in [2.45, 2.75) is 6.61 Å². The Morgan fingerprint density at radius 1 is 1.20 bits per heavy atom. The summed E-state index contributed by atoms with van der Waals surface area (Å²) >= 11 is 5.67. The molecule has 0 N–H and O–H groups in total. The van der Waals surface area contributed by atoms with E-state index in [0.717, 1.165) is 0 Å². The smallest absolute Gasteiger partial charge is 0.337 e. The Kier molecular flexibility index (Phi) is 4.58. The van der Waals surface area contributed by atoms with E-state index >= 15 is 0 Å². The summed E-state index contributed by atoms with van der Waals surface area (Å²) < 4.78 is 23.6. The first kappa shape index (κ1) is 14.3. The molecule has 104 valence electrons. The fourth-order valence-electron chi connectivity index (χ4n) is 1.60. The molecule has 0 saturated carbocycles. The van der Waals surface area contributed by atoms with E-state index < -0.39 is 11.8 Å². The standard InChI is InChI=1S/C15H12ClFO3/c1-19-15(18)10-3-6-13(7-4-10)20-9-11-2-5-12(16)8-14(11)17/h2-8H,9H2,1H3. The van der Waals surface area contributed by atoms with Crippen molar-refractivity contribution in [3.05, 3.63) is 64.4 Å². The summed E-state index contributed by atoms with van der Waals surface area (Å²) in [6.45, 7) is 0.0839. The lowest BCUT2D eigenvalue weighted by Crippen LogP contribution is -2.01. The van der Waals surface area contributed by atoms with Crippen LogP contribution in [0.25, 0.3) is 0 Å². The van der Waals surface area contributed by atoms with E-state index in [1.165, 1.54) is 13.2 Å². The molecule has 0 heterocycles. The zero-order chi connectivity index (χ0) is 14.5. The number of carbonyl (C=O) groups excluding carboxylic acids is 1. The number of ether oxygens (including phenoxy) is 2. The van der Waals surface area contributed by atoms with E-state index in [-0.39, 0.29) is 6.61 Å². The minimum absolute atomic E-state index is 0.0839. The van der Waals surface area contributed by atoms with Crippen LogP contribution in [-0.4, -0.2) is 13.1 Å². The molecule has 5 heteroatoms. The molecule has 0 fully saturated rings. The highest BCUT2D eigenvalue weighted by molar-refractivity contribution is 6.30. The Balaban J connectivity index is 2.02. The molecule has 0 aliphatic heterocycles. The maximum Gasteiger partial charge on any atom is 0.337 e. The molecule has 0 aliphatic carbocycles. The van der Waals surface area contributed by atoms with Crippen LogP contribution < -0.4 is 4.74 Å². The van der Waals surface area contributed by atoms with Crippen molar-refractivity contribution in [3.63, 3.8) is 0 Å². The van der Waals surface area contributed by atoms with Crippen LogP contribution in [0.1, 0.15) is 15.9 Å². The summed E-state index contributed by atoms with van der Waals surface area (Å²) in [7, 11) is 1.32. The first-order valence-electron chi connectivity index (χ1n) is 5.85. The van der Waals surface area contributed by atoms with Crippen LogP contribution in [0.5, 0.6) is 5.75 Å². The Labute approximate surface area is 120 Å². The molecule has 20 heavy (non-hydrogen) atoms. The molecular formula is C15H12ClFO3. The third-order valence-electron chi connectivity index (χ3n) is 2.68. The van der Waals surface area contributed by atoms with Crippen molar-refractivity contribution in [2.75, 3.05) is 7.11 Å². The largest absolute Gasteiger partial charge is 0.489 e. The molecule has 0 bridgehead atoms. The summed E-state index contributed by atoms with van der Waals surface area (Å²) in [4.78, 5) is 11.3. The van der Waals surface area contributed by atoms with Crippen LogP contribution in [-0.2, 0) is 11.3 Å². The van der Waals surface area contributed by atoms with Crippen LogP contribution in [0.2, 0.25) is 5.02 Å². The normalized spacial score (nSPS) is 10.2. The summed E-state index contributed by atoms with van der Waals surface area (Å²) in [5.41, 5.74) is 0.837. The molecule has 0 aromatic heterocycles. The molecule has 0 aliphatic rings. The number of hydrogen-bond acceptors (Lipinski definition) is 3. The van der Waals surface area contributed by atoms with Gasteiger partial charge < -0.3 is 9.47 Å². The highest BCUT2D eigenvalue weighted by Gasteiger charge is 2.06. The Morgan fingerprint density at radius 2 is 1.90 bits per heavy atom. The quantitative estimate of drug-likeness (QED) is 0.804. The van der Waals surface area contributed by atoms with Crippen LogP contribution >= 0.6 is 11.6 Å². The molecule has 0 spiro atoms. The number of hydrogen-bond donors (Lipinski definition) is 0. The van der Waals surface area contributed by atoms with Gasteiger partial charge in [0.1, 0.15) is 18.2 Å². The molecule has 2 aromatic carbocycles. The third-order valence-corrected chi connectivity index (χ3v) is 2.92. The number of esters is 1. The van der Waals surface area contributed by atoms with Gasteiger partial charge in [0.05, 0.1) is 12.7 Å². The van der Waals surface area contributed by atoms with Crippen molar-refractivity contribution in [1.29, 1.82) is 0 Å². The van der Waals surface area contributed by atoms with Gasteiger partial charge in [0.15, 0.2) is 0 Å². The average molecular weight is 295 g/mol. The van der Waals surface area contributed by atoms with E-state index in [4.69, 9.17) is 16.3 Å². The van der Waals surface area contributed by atoms with Crippen molar-refractivity contribution < 1.29 is 18.7 Å². The first-order valence-corrected chi connectivity index (χ1v) is 6.23. The van der Waals surface area contributed by atoms with E-state index in [1.54, 1.807) is 36.4 Å². The number of rotatable bonds is 4. The lowest BCUT2D eigenvalue weighted by molar-refractivity contribution is 0.0600. The van der Waals surface area contributed by atoms with Crippen LogP contribution in [0.3, 0.4) is 0 Å². The van der Waals surface area contributed by atoms with E-state index in [2.05, 4.69) is 4.74 Å². The van der Waals surface area contributed by atoms with Gasteiger partial charge in [-0.15, -0.1) is 0 Å². The van der Waals surface area contributed by atoms with Crippen molar-refractivity contribution in [1.82, 2.24) is 0 Å². The average Bonchev–Trinajstić information content (AvgIpc) is 2.46. The number of benzene rings is 2. The van der Waals surface area contributed by atoms with Gasteiger partial charge in [-0.05, 0) is 36.4 Å². The van der Waals surface area contributed by atoms with Crippen LogP contribution in [0.15, 0.2) is 42.5 Å². The van der Waals surface area contributed by atoms with Gasteiger partial charge in [0, 0.05) is 10.6 Å². The maximum absolute atomic E-state index is 13.5. The van der Waals surface area contributed by atoms with E-state index in [1.807, 2.05) is 0 Å². The highest BCUT2D eigenvalue weighted by atomic mass is 35.5. The summed E-state index contributed by atoms with van der Waals surface area (Å²) in [5, 5.41) is 0.341. The van der Waals surface area contributed by atoms with E-state index in [0.29, 0.717) is 21.9 Å². The Hall–Kier alpha value is -2.07. The third kappa shape index (κ3) is 3.48. The second-order valence-corrected chi connectivity index (χ2v) is 4.48. The molecule has 2 rings (SSSR count). The fraction of sp³-hybridized carbons (Fsp3) is 0.133. The van der Waals surface area contributed by atoms with Gasteiger partial charge in [-0.1, -0.05) is 17.7 Å². The SMILES string of the molecule is COC(=O)c1ccc(OCc2ccc(Cl)cc2F)cc1. The lowest BCUT2D eigenvalue weighted by atomic mass is 10.2. The topological polar surface area (TPSA) is 35.5 Å². The molecule has 3 nitrogen and oxygen atoms in total. The van der Waals surface area contributed by atoms with Gasteiger partial charge in [-0.2, -0.15) is 0 Å². The van der Waals surface area contributed by atoms with Crippen molar-refractivity contribution >= 4 is 17.6 Å². The lowest BCUT2D eigenvalue weighted by Gasteiger charge is -2.08. The molecule has 0 amide bonds. The first-order chi connectivity index (χ1) is 9.60. The van der Waals surface area contributed by atoms with E-state index in [9.17, 15) is 9.18 Å². The van der Waals surface area contributed by atoms with Gasteiger partial charge in [-0.25, -0.2) is 9.18 Å². The van der Waals surface area contributed by atoms with Crippen LogP contribution in [0.4, 0.5) is 4.39 Å². The zero-order valence-corrected chi connectivity index (χ0v) is 11.5. The molecule has 0 atom stereocenters. The molecule has 0 radical (unpaired) electrons. The summed E-state index contributed by atoms with van der Waals surface area (Å²) in [6.07, 6.45) is 0. The minimum atomic E-state index is -0.416. The van der Waals surface area contributed by atoms with Gasteiger partial charge >= 0.3 is 5.97 Å². The molecule has 2 aromatic rings. The monoisotopic (exact) mass is 294 g/mol. The second-order valence-electron chi connectivity index (χ2n) is 4.04. The number of carbonyl (C=O) groups is 1. The second kappa shape index (κ2) is 6.39. The Morgan fingerprint density at radius 3 is 2.50 bits per heavy atom. The molecule has 0 unspecified atom stereocenters. The minimum Gasteiger partial charge on any atom is -0.489 e. The van der Waals surface area contributed by atoms with Gasteiger partial charge in [-0.3, -0.25) is 0 Å². The Bertz CT molecular complexity index is 611. The van der Waals surface area contributed by atoms with Crippen molar-refractivity contribution in [2.24, 2.45) is 0 Å². The predicted octanol–water partition coefficient (Wildman–Crippen LogP) is 3.84. The number of halogens is 2. The summed E-state index contributed by atoms with van der Waals surface area (Å²) in [5.74, 6) is -0.295. The maximum atomic E-state index is 13.5. The predicted molar refractivity (Wildman–Crippen MR) is 73.5 cm³/mol. The molecular weight excluding hydrogens is 283 g/mol. The highest BCUT2D eigenvalue weighted by Crippen LogP contribution is 2.18.